The predicted molar refractivity (Wildman–Crippen MR) is 61.7 cm³/mol. The van der Waals surface area contributed by atoms with Crippen molar-refractivity contribution in [2.45, 2.75) is 6.92 Å². The van der Waals surface area contributed by atoms with Crippen molar-refractivity contribution in [1.82, 2.24) is 4.98 Å². The van der Waals surface area contributed by atoms with Crippen LogP contribution >= 0.6 is 23.2 Å². The van der Waals surface area contributed by atoms with Crippen molar-refractivity contribution in [2.24, 2.45) is 0 Å². The highest BCUT2D eigenvalue weighted by Crippen LogP contribution is 2.22. The van der Waals surface area contributed by atoms with Crippen LogP contribution in [0.1, 0.15) is 15.9 Å². The molecule has 76 valence electrons. The van der Waals surface area contributed by atoms with E-state index in [0.29, 0.717) is 0 Å². The first-order valence-electron chi connectivity index (χ1n) is 4.34. The summed E-state index contributed by atoms with van der Waals surface area (Å²) in [7, 11) is 0. The monoisotopic (exact) mass is 239 g/mol. The molecule has 1 aromatic heterocycles. The van der Waals surface area contributed by atoms with Gasteiger partial charge in [0.1, 0.15) is 5.15 Å². The molecule has 0 aliphatic rings. The Hall–Kier alpha value is -1.12. The molecule has 1 heterocycles. The van der Waals surface area contributed by atoms with Crippen LogP contribution in [-0.4, -0.2) is 10.2 Å². The molecule has 0 fully saturated rings. The first kappa shape index (κ1) is 10.4. The van der Waals surface area contributed by atoms with Gasteiger partial charge in [0.05, 0.1) is 11.1 Å². The van der Waals surface area contributed by atoms with Gasteiger partial charge in [-0.2, -0.15) is 0 Å². The van der Waals surface area contributed by atoms with Crippen LogP contribution in [0, 0.1) is 6.92 Å². The van der Waals surface area contributed by atoms with Gasteiger partial charge in [0.25, 0.3) is 5.24 Å². The summed E-state index contributed by atoms with van der Waals surface area (Å²) in [4.78, 5) is 15.1. The van der Waals surface area contributed by atoms with Gasteiger partial charge >= 0.3 is 0 Å². The fourth-order valence-electron chi connectivity index (χ4n) is 1.41. The minimum atomic E-state index is -0.587. The zero-order valence-corrected chi connectivity index (χ0v) is 9.43. The molecular formula is C11H7Cl2NO. The van der Waals surface area contributed by atoms with Crippen LogP contribution < -0.4 is 0 Å². The Morgan fingerprint density at radius 2 is 2.07 bits per heavy atom. The summed E-state index contributed by atoms with van der Waals surface area (Å²) in [6.07, 6.45) is 0. The largest absolute Gasteiger partial charge is 0.275 e. The minimum Gasteiger partial charge on any atom is -0.275 e. The summed E-state index contributed by atoms with van der Waals surface area (Å²) in [5.41, 5.74) is 2.10. The van der Waals surface area contributed by atoms with Gasteiger partial charge in [-0.15, -0.1) is 0 Å². The SMILES string of the molecule is Cc1ccc2nc(Cl)c(C(=O)Cl)cc2c1. The number of aromatic nitrogens is 1. The molecule has 0 radical (unpaired) electrons. The molecule has 0 spiro atoms. The summed E-state index contributed by atoms with van der Waals surface area (Å²) in [6, 6.07) is 7.39. The Kier molecular flexibility index (Phi) is 2.63. The molecule has 0 atom stereocenters. The summed E-state index contributed by atoms with van der Waals surface area (Å²) in [5, 5.41) is 0.422. The number of aryl methyl sites for hydroxylation is 1. The maximum absolute atomic E-state index is 11.0. The highest BCUT2D eigenvalue weighted by atomic mass is 35.5. The zero-order valence-electron chi connectivity index (χ0n) is 7.92. The van der Waals surface area contributed by atoms with Crippen molar-refractivity contribution in [3.05, 3.63) is 40.5 Å². The van der Waals surface area contributed by atoms with Crippen LogP contribution in [0.2, 0.25) is 5.15 Å². The van der Waals surface area contributed by atoms with E-state index in [1.807, 2.05) is 25.1 Å². The highest BCUT2D eigenvalue weighted by molar-refractivity contribution is 6.68. The lowest BCUT2D eigenvalue weighted by atomic mass is 10.1. The van der Waals surface area contributed by atoms with E-state index < -0.39 is 5.24 Å². The Bertz CT molecular complexity index is 552. The second kappa shape index (κ2) is 3.80. The van der Waals surface area contributed by atoms with E-state index in [0.717, 1.165) is 16.5 Å². The van der Waals surface area contributed by atoms with Gasteiger partial charge < -0.3 is 0 Å². The second-order valence-corrected chi connectivity index (χ2v) is 4.00. The quantitative estimate of drug-likeness (QED) is 0.563. The van der Waals surface area contributed by atoms with Crippen molar-refractivity contribution in [3.63, 3.8) is 0 Å². The third-order valence-electron chi connectivity index (χ3n) is 2.14. The Morgan fingerprint density at radius 1 is 1.33 bits per heavy atom. The number of carbonyl (C=O) groups excluding carboxylic acids is 1. The Balaban J connectivity index is 2.77. The van der Waals surface area contributed by atoms with E-state index in [1.54, 1.807) is 6.07 Å². The average Bonchev–Trinajstić information content (AvgIpc) is 2.17. The summed E-state index contributed by atoms with van der Waals surface area (Å²) in [5.74, 6) is 0. The molecular weight excluding hydrogens is 233 g/mol. The van der Waals surface area contributed by atoms with Crippen LogP contribution in [0.3, 0.4) is 0 Å². The van der Waals surface area contributed by atoms with Crippen LogP contribution in [0.5, 0.6) is 0 Å². The number of carbonyl (C=O) groups is 1. The van der Waals surface area contributed by atoms with Gasteiger partial charge in [-0.3, -0.25) is 4.79 Å². The predicted octanol–water partition coefficient (Wildman–Crippen LogP) is 3.58. The molecule has 0 amide bonds. The fourth-order valence-corrected chi connectivity index (χ4v) is 1.83. The highest BCUT2D eigenvalue weighted by Gasteiger charge is 2.10. The number of rotatable bonds is 1. The number of hydrogen-bond acceptors (Lipinski definition) is 2. The molecule has 0 unspecified atom stereocenters. The molecule has 2 rings (SSSR count). The van der Waals surface area contributed by atoms with Gasteiger partial charge in [0.2, 0.25) is 0 Å². The second-order valence-electron chi connectivity index (χ2n) is 3.30. The molecule has 0 saturated carbocycles. The number of benzene rings is 1. The number of pyridine rings is 1. The van der Waals surface area contributed by atoms with Crippen LogP contribution in [0.25, 0.3) is 10.9 Å². The lowest BCUT2D eigenvalue weighted by Crippen LogP contribution is -1.93. The van der Waals surface area contributed by atoms with E-state index >= 15 is 0 Å². The van der Waals surface area contributed by atoms with Crippen LogP contribution in [-0.2, 0) is 0 Å². The van der Waals surface area contributed by atoms with Crippen LogP contribution in [0.15, 0.2) is 24.3 Å². The third kappa shape index (κ3) is 1.96. The van der Waals surface area contributed by atoms with E-state index in [9.17, 15) is 4.79 Å². The van der Waals surface area contributed by atoms with Crippen molar-refractivity contribution in [1.29, 1.82) is 0 Å². The van der Waals surface area contributed by atoms with Gasteiger partial charge in [0.15, 0.2) is 0 Å². The fraction of sp³-hybridized carbons (Fsp3) is 0.0909. The normalized spacial score (nSPS) is 10.6. The van der Waals surface area contributed by atoms with E-state index in [4.69, 9.17) is 23.2 Å². The molecule has 0 aliphatic heterocycles. The Morgan fingerprint density at radius 3 is 2.73 bits per heavy atom. The minimum absolute atomic E-state index is 0.145. The van der Waals surface area contributed by atoms with Gasteiger partial charge in [-0.05, 0) is 36.7 Å². The van der Waals surface area contributed by atoms with Gasteiger partial charge in [0, 0.05) is 5.39 Å². The lowest BCUT2D eigenvalue weighted by molar-refractivity contribution is 0.108. The van der Waals surface area contributed by atoms with Crippen molar-refractivity contribution < 1.29 is 4.79 Å². The zero-order chi connectivity index (χ0) is 11.0. The van der Waals surface area contributed by atoms with Crippen molar-refractivity contribution in [3.8, 4) is 0 Å². The number of nitrogens with zero attached hydrogens (tertiary/aromatic N) is 1. The summed E-state index contributed by atoms with van der Waals surface area (Å²) < 4.78 is 0. The molecule has 2 aromatic rings. The molecule has 4 heteroatoms. The first-order chi connectivity index (χ1) is 7.08. The lowest BCUT2D eigenvalue weighted by Gasteiger charge is -2.02. The summed E-state index contributed by atoms with van der Waals surface area (Å²) >= 11 is 11.2. The van der Waals surface area contributed by atoms with Crippen LogP contribution in [0.4, 0.5) is 0 Å². The summed E-state index contributed by atoms with van der Waals surface area (Å²) in [6.45, 7) is 1.97. The number of halogens is 2. The maximum Gasteiger partial charge on any atom is 0.255 e. The molecule has 0 N–H and O–H groups in total. The molecule has 0 aliphatic carbocycles. The number of fused-ring (bicyclic) bond motifs is 1. The maximum atomic E-state index is 11.0. The smallest absolute Gasteiger partial charge is 0.255 e. The topological polar surface area (TPSA) is 30.0 Å². The molecule has 1 aromatic carbocycles. The van der Waals surface area contributed by atoms with E-state index in [1.165, 1.54) is 0 Å². The van der Waals surface area contributed by atoms with Gasteiger partial charge in [-0.1, -0.05) is 23.2 Å². The average molecular weight is 240 g/mol. The van der Waals surface area contributed by atoms with Gasteiger partial charge in [-0.25, -0.2) is 4.98 Å². The Labute approximate surface area is 96.8 Å². The third-order valence-corrected chi connectivity index (χ3v) is 2.63. The molecule has 0 saturated heterocycles. The van der Waals surface area contributed by atoms with E-state index in [2.05, 4.69) is 4.98 Å². The molecule has 2 nitrogen and oxygen atoms in total. The molecule has 0 bridgehead atoms. The molecule has 15 heavy (non-hydrogen) atoms. The standard InChI is InChI=1S/C11H7Cl2NO/c1-6-2-3-9-7(4-6)5-8(11(13)15)10(12)14-9/h2-5H,1H3. The van der Waals surface area contributed by atoms with Crippen molar-refractivity contribution in [2.75, 3.05) is 0 Å². The van der Waals surface area contributed by atoms with E-state index in [-0.39, 0.29) is 10.7 Å². The number of hydrogen-bond donors (Lipinski definition) is 0. The first-order valence-corrected chi connectivity index (χ1v) is 5.10. The van der Waals surface area contributed by atoms with Crippen molar-refractivity contribution >= 4 is 39.3 Å².